The summed E-state index contributed by atoms with van der Waals surface area (Å²) in [7, 11) is -3.54. The van der Waals surface area contributed by atoms with Gasteiger partial charge in [-0.2, -0.15) is 0 Å². The number of aromatic nitrogens is 2. The van der Waals surface area contributed by atoms with E-state index >= 15 is 0 Å². The number of benzene rings is 1. The summed E-state index contributed by atoms with van der Waals surface area (Å²) < 4.78 is 32.2. The highest BCUT2D eigenvalue weighted by Crippen LogP contribution is 2.19. The van der Waals surface area contributed by atoms with Crippen LogP contribution in [0.4, 0.5) is 0 Å². The quantitative estimate of drug-likeness (QED) is 0.774. The van der Waals surface area contributed by atoms with Gasteiger partial charge in [-0.15, -0.1) is 21.5 Å². The lowest BCUT2D eigenvalue weighted by Crippen LogP contribution is -2.22. The average Bonchev–Trinajstić information content (AvgIpc) is 3.18. The Morgan fingerprint density at radius 2 is 1.95 bits per heavy atom. The second-order valence-corrected chi connectivity index (χ2v) is 7.57. The van der Waals surface area contributed by atoms with E-state index in [2.05, 4.69) is 14.9 Å². The largest absolute Gasteiger partial charge is 0.419 e. The molecule has 0 saturated heterocycles. The third-order valence-corrected chi connectivity index (χ3v) is 5.74. The van der Waals surface area contributed by atoms with Gasteiger partial charge in [0.05, 0.1) is 6.54 Å². The van der Waals surface area contributed by atoms with Gasteiger partial charge in [0.25, 0.3) is 10.0 Å². The Balaban J connectivity index is 1.71. The van der Waals surface area contributed by atoms with Gasteiger partial charge in [0.1, 0.15) is 4.21 Å². The van der Waals surface area contributed by atoms with Crippen molar-refractivity contribution in [2.45, 2.75) is 17.7 Å². The summed E-state index contributed by atoms with van der Waals surface area (Å²) in [6.07, 6.45) is 0. The fourth-order valence-electron chi connectivity index (χ4n) is 1.78. The maximum Gasteiger partial charge on any atom is 0.250 e. The lowest BCUT2D eigenvalue weighted by molar-refractivity contribution is 0.494. The molecule has 0 fully saturated rings. The van der Waals surface area contributed by atoms with Gasteiger partial charge < -0.3 is 4.42 Å². The van der Waals surface area contributed by atoms with E-state index in [1.165, 1.54) is 0 Å². The number of hydrogen-bond acceptors (Lipinski definition) is 6. The Labute approximate surface area is 131 Å². The van der Waals surface area contributed by atoms with Crippen LogP contribution < -0.4 is 4.72 Å². The fourth-order valence-corrected chi connectivity index (χ4v) is 3.79. The number of nitrogens with zero attached hydrogens (tertiary/aromatic N) is 2. The highest BCUT2D eigenvalue weighted by atomic mass is 32.2. The van der Waals surface area contributed by atoms with E-state index in [1.54, 1.807) is 17.5 Å². The maximum absolute atomic E-state index is 12.0. The van der Waals surface area contributed by atoms with Crippen LogP contribution in [0.5, 0.6) is 0 Å². The van der Waals surface area contributed by atoms with E-state index in [1.807, 2.05) is 31.2 Å². The minimum atomic E-state index is -3.54. The van der Waals surface area contributed by atoms with Crippen LogP contribution in [0.2, 0.25) is 0 Å². The Morgan fingerprint density at radius 3 is 2.64 bits per heavy atom. The van der Waals surface area contributed by atoms with E-state index < -0.39 is 10.0 Å². The van der Waals surface area contributed by atoms with Crippen LogP contribution in [0.1, 0.15) is 11.5 Å². The van der Waals surface area contributed by atoms with Gasteiger partial charge in [-0.1, -0.05) is 23.8 Å². The monoisotopic (exact) mass is 335 g/mol. The van der Waals surface area contributed by atoms with Crippen molar-refractivity contribution in [1.82, 2.24) is 14.9 Å². The average molecular weight is 335 g/mol. The molecule has 0 aliphatic carbocycles. The van der Waals surface area contributed by atoms with E-state index in [0.29, 0.717) is 5.89 Å². The van der Waals surface area contributed by atoms with Gasteiger partial charge in [0, 0.05) is 5.56 Å². The van der Waals surface area contributed by atoms with E-state index in [4.69, 9.17) is 4.42 Å². The molecule has 0 amide bonds. The van der Waals surface area contributed by atoms with Gasteiger partial charge in [0.2, 0.25) is 11.8 Å². The molecule has 3 aromatic rings. The van der Waals surface area contributed by atoms with Gasteiger partial charge in [0.15, 0.2) is 0 Å². The topological polar surface area (TPSA) is 85.1 Å². The number of aryl methyl sites for hydroxylation is 1. The molecule has 2 aromatic heterocycles. The lowest BCUT2D eigenvalue weighted by Gasteiger charge is -2.01. The van der Waals surface area contributed by atoms with Crippen molar-refractivity contribution in [3.8, 4) is 11.5 Å². The van der Waals surface area contributed by atoms with Crippen LogP contribution in [0.3, 0.4) is 0 Å². The molecular formula is C14H13N3O3S2. The zero-order valence-electron chi connectivity index (χ0n) is 11.7. The molecule has 0 aliphatic heterocycles. The minimum absolute atomic E-state index is 0.0426. The molecule has 22 heavy (non-hydrogen) atoms. The molecule has 0 spiro atoms. The first kappa shape index (κ1) is 14.9. The van der Waals surface area contributed by atoms with Crippen LogP contribution in [0, 0.1) is 6.92 Å². The van der Waals surface area contributed by atoms with Gasteiger partial charge in [-0.25, -0.2) is 13.1 Å². The molecule has 1 N–H and O–H groups in total. The predicted molar refractivity (Wildman–Crippen MR) is 82.8 cm³/mol. The molecule has 0 unspecified atom stereocenters. The van der Waals surface area contributed by atoms with Crippen molar-refractivity contribution >= 4 is 21.4 Å². The van der Waals surface area contributed by atoms with Crippen molar-refractivity contribution in [3.63, 3.8) is 0 Å². The van der Waals surface area contributed by atoms with E-state index in [0.717, 1.165) is 22.5 Å². The van der Waals surface area contributed by atoms with Gasteiger partial charge >= 0.3 is 0 Å². The number of sulfonamides is 1. The van der Waals surface area contributed by atoms with Crippen molar-refractivity contribution in [2.75, 3.05) is 0 Å². The Kier molecular flexibility index (Phi) is 4.06. The third-order valence-electron chi connectivity index (χ3n) is 2.94. The molecule has 6 nitrogen and oxygen atoms in total. The van der Waals surface area contributed by atoms with Crippen molar-refractivity contribution in [1.29, 1.82) is 0 Å². The molecule has 114 valence electrons. The number of rotatable bonds is 5. The Morgan fingerprint density at radius 1 is 1.18 bits per heavy atom. The normalized spacial score (nSPS) is 11.7. The summed E-state index contributed by atoms with van der Waals surface area (Å²) in [6, 6.07) is 10.9. The maximum atomic E-state index is 12.0. The smallest absolute Gasteiger partial charge is 0.250 e. The standard InChI is InChI=1S/C14H13N3O3S2/c1-10-4-6-11(7-5-10)14-17-16-12(20-14)9-15-22(18,19)13-3-2-8-21-13/h2-8,15H,9H2,1H3. The Bertz CT molecular complexity index is 853. The van der Waals surface area contributed by atoms with Gasteiger partial charge in [-0.05, 0) is 30.5 Å². The molecule has 0 bridgehead atoms. The van der Waals surface area contributed by atoms with Crippen LogP contribution in [0.15, 0.2) is 50.4 Å². The SMILES string of the molecule is Cc1ccc(-c2nnc(CNS(=O)(=O)c3cccs3)o2)cc1. The van der Waals surface area contributed by atoms with Crippen LogP contribution in [0.25, 0.3) is 11.5 Å². The number of nitrogens with one attached hydrogen (secondary N) is 1. The highest BCUT2D eigenvalue weighted by Gasteiger charge is 2.16. The lowest BCUT2D eigenvalue weighted by atomic mass is 10.1. The molecule has 1 aromatic carbocycles. The summed E-state index contributed by atoms with van der Waals surface area (Å²) in [6.45, 7) is 1.95. The minimum Gasteiger partial charge on any atom is -0.419 e. The molecule has 0 radical (unpaired) electrons. The summed E-state index contributed by atoms with van der Waals surface area (Å²) in [5.41, 5.74) is 1.93. The summed E-state index contributed by atoms with van der Waals surface area (Å²) in [4.78, 5) is 0. The Hall–Kier alpha value is -2.03. The molecule has 0 aliphatic rings. The fraction of sp³-hybridized carbons (Fsp3) is 0.143. The van der Waals surface area contributed by atoms with Crippen LogP contribution in [-0.2, 0) is 16.6 Å². The second-order valence-electron chi connectivity index (χ2n) is 4.62. The molecule has 0 atom stereocenters. The zero-order chi connectivity index (χ0) is 15.6. The van der Waals surface area contributed by atoms with Crippen molar-refractivity contribution in [2.24, 2.45) is 0 Å². The third kappa shape index (κ3) is 3.24. The van der Waals surface area contributed by atoms with E-state index in [-0.39, 0.29) is 16.6 Å². The van der Waals surface area contributed by atoms with Crippen molar-refractivity contribution in [3.05, 3.63) is 53.2 Å². The van der Waals surface area contributed by atoms with Crippen LogP contribution >= 0.6 is 11.3 Å². The van der Waals surface area contributed by atoms with Gasteiger partial charge in [-0.3, -0.25) is 0 Å². The first-order valence-electron chi connectivity index (χ1n) is 6.47. The molecule has 8 heteroatoms. The molecule has 0 saturated carbocycles. The zero-order valence-corrected chi connectivity index (χ0v) is 13.3. The van der Waals surface area contributed by atoms with E-state index in [9.17, 15) is 8.42 Å². The van der Waals surface area contributed by atoms with Crippen molar-refractivity contribution < 1.29 is 12.8 Å². The molecular weight excluding hydrogens is 322 g/mol. The number of hydrogen-bond donors (Lipinski definition) is 1. The summed E-state index contributed by atoms with van der Waals surface area (Å²) in [5.74, 6) is 0.584. The highest BCUT2D eigenvalue weighted by molar-refractivity contribution is 7.91. The molecule has 3 rings (SSSR count). The summed E-state index contributed by atoms with van der Waals surface area (Å²) >= 11 is 1.15. The predicted octanol–water partition coefficient (Wildman–Crippen LogP) is 2.59. The molecule has 2 heterocycles. The second kappa shape index (κ2) is 5.99. The van der Waals surface area contributed by atoms with Crippen LogP contribution in [-0.4, -0.2) is 18.6 Å². The first-order chi connectivity index (χ1) is 10.5. The first-order valence-corrected chi connectivity index (χ1v) is 8.83. The summed E-state index contributed by atoms with van der Waals surface area (Å²) in [5, 5.41) is 9.49. The number of thiophene rings is 1.